The standard InChI is InChI=1S/C27H22FNO/c1-18-5-4-7-21(15-18)24-16-26(30)29(17-19-9-12-22(28)13-10-19)25-14-11-20-6-2-3-8-23(20)27(24)25/h2-15,24H,16-17H2,1H3. The zero-order valence-corrected chi connectivity index (χ0v) is 16.8. The van der Waals surface area contributed by atoms with Crippen LogP contribution >= 0.6 is 0 Å². The molecule has 1 atom stereocenters. The van der Waals surface area contributed by atoms with Crippen LogP contribution in [0.15, 0.2) is 84.9 Å². The van der Waals surface area contributed by atoms with Gasteiger partial charge in [0.15, 0.2) is 0 Å². The van der Waals surface area contributed by atoms with Crippen LogP contribution in [0.3, 0.4) is 0 Å². The lowest BCUT2D eigenvalue weighted by molar-refractivity contribution is -0.119. The fraction of sp³-hybridized carbons (Fsp3) is 0.148. The van der Waals surface area contributed by atoms with E-state index in [1.54, 1.807) is 12.1 Å². The normalized spacial score (nSPS) is 16.0. The van der Waals surface area contributed by atoms with Crippen molar-refractivity contribution in [2.45, 2.75) is 25.8 Å². The molecule has 0 aromatic heterocycles. The van der Waals surface area contributed by atoms with E-state index in [9.17, 15) is 9.18 Å². The van der Waals surface area contributed by atoms with Crippen LogP contribution in [-0.4, -0.2) is 5.91 Å². The monoisotopic (exact) mass is 395 g/mol. The first-order chi connectivity index (χ1) is 14.6. The summed E-state index contributed by atoms with van der Waals surface area (Å²) < 4.78 is 13.3. The molecule has 30 heavy (non-hydrogen) atoms. The van der Waals surface area contributed by atoms with Gasteiger partial charge in [0.25, 0.3) is 0 Å². The quantitative estimate of drug-likeness (QED) is 0.395. The number of hydrogen-bond acceptors (Lipinski definition) is 1. The Kier molecular flexibility index (Phi) is 4.59. The molecule has 0 saturated heterocycles. The van der Waals surface area contributed by atoms with Crippen LogP contribution in [0.1, 0.15) is 34.6 Å². The van der Waals surface area contributed by atoms with Crippen molar-refractivity contribution in [2.75, 3.05) is 4.90 Å². The van der Waals surface area contributed by atoms with E-state index in [1.165, 1.54) is 39.6 Å². The predicted octanol–water partition coefficient (Wildman–Crippen LogP) is 6.36. The average molecular weight is 395 g/mol. The van der Waals surface area contributed by atoms with E-state index < -0.39 is 0 Å². The summed E-state index contributed by atoms with van der Waals surface area (Å²) in [6.07, 6.45) is 0.422. The van der Waals surface area contributed by atoms with Gasteiger partial charge in [-0.3, -0.25) is 4.79 Å². The van der Waals surface area contributed by atoms with Crippen LogP contribution < -0.4 is 4.90 Å². The van der Waals surface area contributed by atoms with Crippen molar-refractivity contribution in [3.05, 3.63) is 113 Å². The van der Waals surface area contributed by atoms with E-state index in [0.29, 0.717) is 13.0 Å². The molecule has 0 saturated carbocycles. The van der Waals surface area contributed by atoms with Crippen molar-refractivity contribution in [3.63, 3.8) is 0 Å². The van der Waals surface area contributed by atoms with Gasteiger partial charge in [-0.1, -0.05) is 72.3 Å². The molecule has 1 aliphatic heterocycles. The summed E-state index contributed by atoms with van der Waals surface area (Å²) in [6.45, 7) is 2.52. The number of rotatable bonds is 3. The van der Waals surface area contributed by atoms with Gasteiger partial charge in [-0.15, -0.1) is 0 Å². The number of anilines is 1. The minimum absolute atomic E-state index is 0.0166. The lowest BCUT2D eigenvalue weighted by Gasteiger charge is -2.35. The number of benzene rings is 4. The van der Waals surface area contributed by atoms with Gasteiger partial charge in [-0.25, -0.2) is 4.39 Å². The minimum Gasteiger partial charge on any atom is -0.308 e. The first-order valence-electron chi connectivity index (χ1n) is 10.2. The molecule has 1 aliphatic rings. The van der Waals surface area contributed by atoms with E-state index in [0.717, 1.165) is 11.3 Å². The zero-order chi connectivity index (χ0) is 20.7. The zero-order valence-electron chi connectivity index (χ0n) is 16.8. The highest BCUT2D eigenvalue weighted by Gasteiger charge is 2.33. The van der Waals surface area contributed by atoms with Crippen LogP contribution in [0.2, 0.25) is 0 Å². The summed E-state index contributed by atoms with van der Waals surface area (Å²) in [6, 6.07) is 27.3. The van der Waals surface area contributed by atoms with E-state index in [-0.39, 0.29) is 17.6 Å². The number of aryl methyl sites for hydroxylation is 1. The minimum atomic E-state index is -0.269. The maximum Gasteiger partial charge on any atom is 0.228 e. The van der Waals surface area contributed by atoms with Gasteiger partial charge in [0.1, 0.15) is 5.82 Å². The van der Waals surface area contributed by atoms with Crippen LogP contribution in [0.25, 0.3) is 10.8 Å². The molecule has 0 spiro atoms. The summed E-state index contributed by atoms with van der Waals surface area (Å²) in [5.74, 6) is -0.161. The lowest BCUT2D eigenvalue weighted by atomic mass is 9.81. The van der Waals surface area contributed by atoms with Gasteiger partial charge >= 0.3 is 0 Å². The van der Waals surface area contributed by atoms with Crippen LogP contribution in [-0.2, 0) is 11.3 Å². The van der Waals surface area contributed by atoms with E-state index in [1.807, 2.05) is 11.0 Å². The Hall–Kier alpha value is -3.46. The third-order valence-electron chi connectivity index (χ3n) is 5.97. The van der Waals surface area contributed by atoms with Crippen molar-refractivity contribution in [3.8, 4) is 0 Å². The number of amides is 1. The Morgan fingerprint density at radius 3 is 2.53 bits per heavy atom. The highest BCUT2D eigenvalue weighted by molar-refractivity contribution is 6.03. The Morgan fingerprint density at radius 2 is 1.73 bits per heavy atom. The van der Waals surface area contributed by atoms with Gasteiger partial charge in [0, 0.05) is 18.0 Å². The average Bonchev–Trinajstić information content (AvgIpc) is 2.76. The lowest BCUT2D eigenvalue weighted by Crippen LogP contribution is -2.36. The molecule has 148 valence electrons. The van der Waals surface area contributed by atoms with Gasteiger partial charge in [0.05, 0.1) is 6.54 Å². The molecule has 1 unspecified atom stereocenters. The predicted molar refractivity (Wildman–Crippen MR) is 119 cm³/mol. The van der Waals surface area contributed by atoms with Gasteiger partial charge in [-0.2, -0.15) is 0 Å². The number of halogens is 1. The Morgan fingerprint density at radius 1 is 0.933 bits per heavy atom. The largest absolute Gasteiger partial charge is 0.308 e. The fourth-order valence-electron chi connectivity index (χ4n) is 4.52. The number of hydrogen-bond donors (Lipinski definition) is 0. The Bertz CT molecular complexity index is 1250. The summed E-state index contributed by atoms with van der Waals surface area (Å²) in [7, 11) is 0. The second-order valence-corrected chi connectivity index (χ2v) is 8.00. The maximum atomic E-state index is 13.3. The van der Waals surface area contributed by atoms with Crippen molar-refractivity contribution >= 4 is 22.4 Å². The molecule has 0 aliphatic carbocycles. The van der Waals surface area contributed by atoms with Gasteiger partial charge < -0.3 is 4.90 Å². The highest BCUT2D eigenvalue weighted by atomic mass is 19.1. The number of fused-ring (bicyclic) bond motifs is 3. The number of carbonyl (C=O) groups excluding carboxylic acids is 1. The van der Waals surface area contributed by atoms with Gasteiger partial charge in [0.2, 0.25) is 5.91 Å². The fourth-order valence-corrected chi connectivity index (χ4v) is 4.52. The molecular formula is C27H22FNO. The van der Waals surface area contributed by atoms with Crippen molar-refractivity contribution < 1.29 is 9.18 Å². The summed E-state index contributed by atoms with van der Waals surface area (Å²) in [5, 5.41) is 2.35. The Labute approximate surface area is 175 Å². The number of nitrogens with zero attached hydrogens (tertiary/aromatic N) is 1. The van der Waals surface area contributed by atoms with Gasteiger partial charge in [-0.05, 0) is 52.6 Å². The highest BCUT2D eigenvalue weighted by Crippen LogP contribution is 2.44. The third kappa shape index (κ3) is 3.26. The van der Waals surface area contributed by atoms with E-state index in [4.69, 9.17) is 0 Å². The molecule has 0 N–H and O–H groups in total. The second-order valence-electron chi connectivity index (χ2n) is 8.00. The molecule has 5 rings (SSSR count). The molecular weight excluding hydrogens is 373 g/mol. The molecule has 0 fully saturated rings. The van der Waals surface area contributed by atoms with E-state index >= 15 is 0 Å². The molecule has 4 aromatic carbocycles. The first kappa shape index (κ1) is 18.6. The third-order valence-corrected chi connectivity index (χ3v) is 5.97. The molecule has 1 heterocycles. The smallest absolute Gasteiger partial charge is 0.228 e. The van der Waals surface area contributed by atoms with Crippen molar-refractivity contribution in [2.24, 2.45) is 0 Å². The molecule has 1 amide bonds. The maximum absolute atomic E-state index is 13.3. The van der Waals surface area contributed by atoms with Crippen LogP contribution in [0.5, 0.6) is 0 Å². The van der Waals surface area contributed by atoms with Crippen molar-refractivity contribution in [1.29, 1.82) is 0 Å². The topological polar surface area (TPSA) is 20.3 Å². The summed E-state index contributed by atoms with van der Waals surface area (Å²) in [4.78, 5) is 15.1. The summed E-state index contributed by atoms with van der Waals surface area (Å²) in [5.41, 5.74) is 5.41. The molecule has 2 nitrogen and oxygen atoms in total. The van der Waals surface area contributed by atoms with E-state index in [2.05, 4.69) is 61.5 Å². The van der Waals surface area contributed by atoms with Crippen LogP contribution in [0, 0.1) is 12.7 Å². The van der Waals surface area contributed by atoms with Crippen molar-refractivity contribution in [1.82, 2.24) is 0 Å². The molecule has 0 bridgehead atoms. The Balaban J connectivity index is 1.68. The molecule has 0 radical (unpaired) electrons. The molecule has 3 heteroatoms. The first-order valence-corrected chi connectivity index (χ1v) is 10.2. The molecule has 4 aromatic rings. The number of carbonyl (C=O) groups is 1. The second kappa shape index (κ2) is 7.42. The summed E-state index contributed by atoms with van der Waals surface area (Å²) >= 11 is 0. The SMILES string of the molecule is Cc1cccc(C2CC(=O)N(Cc3ccc(F)cc3)c3ccc4ccccc4c32)c1. The van der Waals surface area contributed by atoms with Crippen LogP contribution in [0.4, 0.5) is 10.1 Å².